The number of primary amides is 2. The van der Waals surface area contributed by atoms with E-state index in [9.17, 15) is 47.9 Å². The Morgan fingerprint density at radius 3 is 2.10 bits per heavy atom. The summed E-state index contributed by atoms with van der Waals surface area (Å²) >= 11 is 6.38. The summed E-state index contributed by atoms with van der Waals surface area (Å²) in [5.74, 6) is -8.55. The highest BCUT2D eigenvalue weighted by Crippen LogP contribution is 2.27. The first-order valence-electron chi connectivity index (χ1n) is 26.4. The van der Waals surface area contributed by atoms with E-state index in [2.05, 4.69) is 46.9 Å². The van der Waals surface area contributed by atoms with Gasteiger partial charge in [0.25, 0.3) is 0 Å². The second kappa shape index (κ2) is 32.6. The Hall–Kier alpha value is -8.09. The van der Waals surface area contributed by atoms with Gasteiger partial charge in [0.1, 0.15) is 35.7 Å². The molecular formula is C53H76ClN15O10. The second-order valence-corrected chi connectivity index (χ2v) is 20.1. The third kappa shape index (κ3) is 22.8. The average molecular weight is 1120 g/mol. The molecule has 0 unspecified atom stereocenters. The largest absolute Gasteiger partial charge is 0.370 e. The molecule has 4 rings (SSSR count). The zero-order chi connectivity index (χ0) is 58.0. The molecule has 79 heavy (non-hydrogen) atoms. The number of ketones is 3. The molecule has 1 aliphatic rings. The van der Waals surface area contributed by atoms with E-state index in [1.54, 1.807) is 30.5 Å². The number of amides is 8. The van der Waals surface area contributed by atoms with Gasteiger partial charge in [-0.15, -0.1) is 0 Å². The van der Waals surface area contributed by atoms with Crippen molar-refractivity contribution in [2.24, 2.45) is 56.2 Å². The van der Waals surface area contributed by atoms with Gasteiger partial charge in [-0.1, -0.05) is 48.4 Å². The summed E-state index contributed by atoms with van der Waals surface area (Å²) in [4.78, 5) is 149. The molecule has 0 bridgehead atoms. The van der Waals surface area contributed by atoms with Crippen LogP contribution in [-0.4, -0.2) is 126 Å². The van der Waals surface area contributed by atoms with E-state index in [4.69, 9.17) is 46.0 Å². The van der Waals surface area contributed by atoms with Gasteiger partial charge in [-0.3, -0.25) is 53.1 Å². The lowest BCUT2D eigenvalue weighted by Crippen LogP contribution is -2.58. The summed E-state index contributed by atoms with van der Waals surface area (Å²) in [5, 5.41) is 16.9. The molecule has 26 heteroatoms. The Balaban J connectivity index is 1.81. The molecule has 19 N–H and O–H groups in total. The molecule has 3 aromatic rings. The van der Waals surface area contributed by atoms with Crippen LogP contribution in [0.3, 0.4) is 0 Å². The van der Waals surface area contributed by atoms with E-state index in [1.807, 2.05) is 24.3 Å². The van der Waals surface area contributed by atoms with Gasteiger partial charge in [0.15, 0.2) is 17.7 Å². The number of carbonyl (C=O) groups is 10. The molecule has 7 atom stereocenters. The van der Waals surface area contributed by atoms with Crippen LogP contribution in [0, 0.1) is 11.8 Å². The van der Waals surface area contributed by atoms with Crippen molar-refractivity contribution in [2.75, 3.05) is 19.6 Å². The maximum atomic E-state index is 14.9. The molecule has 0 spiro atoms. The summed E-state index contributed by atoms with van der Waals surface area (Å²) < 4.78 is 0. The molecule has 430 valence electrons. The summed E-state index contributed by atoms with van der Waals surface area (Å²) in [5.41, 5.74) is 35.3. The zero-order valence-corrected chi connectivity index (χ0v) is 45.2. The number of para-hydroxylation sites is 1. The van der Waals surface area contributed by atoms with Gasteiger partial charge in [0.2, 0.25) is 35.4 Å². The Bertz CT molecular complexity index is 2690. The van der Waals surface area contributed by atoms with E-state index >= 15 is 0 Å². The van der Waals surface area contributed by atoms with Crippen LogP contribution in [0.1, 0.15) is 108 Å². The van der Waals surface area contributed by atoms with Crippen LogP contribution in [0.2, 0.25) is 5.02 Å². The van der Waals surface area contributed by atoms with Crippen LogP contribution in [-0.2, 0) is 56.0 Å². The number of aromatic nitrogens is 1. The third-order valence-corrected chi connectivity index (χ3v) is 13.6. The number of nitrogens with zero attached hydrogens (tertiary/aromatic N) is 2. The Kier molecular flexibility index (Phi) is 26.2. The van der Waals surface area contributed by atoms with Gasteiger partial charge >= 0.3 is 6.03 Å². The summed E-state index contributed by atoms with van der Waals surface area (Å²) in [6.45, 7) is 1.37. The van der Waals surface area contributed by atoms with Crippen LogP contribution in [0.4, 0.5) is 4.79 Å². The fraction of sp³-hybridized carbons (Fsp3) is 0.509. The van der Waals surface area contributed by atoms with Crippen LogP contribution in [0.5, 0.6) is 0 Å². The number of hydrogen-bond acceptors (Lipinski definition) is 12. The summed E-state index contributed by atoms with van der Waals surface area (Å²) in [6, 6.07) is 6.40. The maximum absolute atomic E-state index is 14.9. The van der Waals surface area contributed by atoms with Crippen molar-refractivity contribution in [3.8, 4) is 0 Å². The molecule has 2 heterocycles. The molecule has 25 nitrogen and oxygen atoms in total. The lowest BCUT2D eigenvalue weighted by molar-refractivity contribution is -0.135. The minimum absolute atomic E-state index is 0.0318. The minimum Gasteiger partial charge on any atom is -0.370 e. The van der Waals surface area contributed by atoms with Crippen molar-refractivity contribution < 1.29 is 47.9 Å². The van der Waals surface area contributed by atoms with Crippen LogP contribution in [0.25, 0.3) is 10.9 Å². The van der Waals surface area contributed by atoms with Crippen molar-refractivity contribution in [3.05, 3.63) is 70.9 Å². The van der Waals surface area contributed by atoms with E-state index in [0.717, 1.165) is 10.9 Å². The predicted molar refractivity (Wildman–Crippen MR) is 297 cm³/mol. The highest BCUT2D eigenvalue weighted by Gasteiger charge is 2.35. The predicted octanol–water partition coefficient (Wildman–Crippen LogP) is 0.165. The van der Waals surface area contributed by atoms with Crippen molar-refractivity contribution in [1.82, 2.24) is 36.9 Å². The molecule has 1 aliphatic heterocycles. The molecule has 2 aromatic carbocycles. The first kappa shape index (κ1) is 63.4. The van der Waals surface area contributed by atoms with Gasteiger partial charge in [0.05, 0.1) is 6.04 Å². The molecule has 0 aliphatic carbocycles. The number of benzene rings is 2. The Labute approximate surface area is 463 Å². The van der Waals surface area contributed by atoms with Gasteiger partial charge in [0, 0.05) is 86.2 Å². The Morgan fingerprint density at radius 2 is 1.42 bits per heavy atom. The van der Waals surface area contributed by atoms with E-state index in [-0.39, 0.29) is 134 Å². The normalized spacial score (nSPS) is 20.8. The fourth-order valence-electron chi connectivity index (χ4n) is 9.25. The topological polar surface area (TPSA) is 440 Å². The lowest BCUT2D eigenvalue weighted by Gasteiger charge is -2.27. The number of halogens is 1. The highest BCUT2D eigenvalue weighted by molar-refractivity contribution is 6.30. The fourth-order valence-corrected chi connectivity index (χ4v) is 9.46. The van der Waals surface area contributed by atoms with Crippen molar-refractivity contribution in [1.29, 1.82) is 0 Å². The van der Waals surface area contributed by atoms with Gasteiger partial charge in [-0.25, -0.2) is 4.79 Å². The number of carbonyl (C=O) groups excluding carboxylic acids is 10. The number of aliphatic imine (C=N–C) groups is 2. The van der Waals surface area contributed by atoms with Crippen molar-refractivity contribution in [2.45, 2.75) is 140 Å². The molecule has 1 fully saturated rings. The first-order valence-corrected chi connectivity index (χ1v) is 26.8. The SMILES string of the molecule is CC(=O)N[C@@H](CCCN=C(N)N)C(=O)N[C@H]1CCC(=O)CCCC[C@@H](C(N)=O)NC(=O)[C@H](Cc2c[nH]c3ccccc23)CC(=O)[C@H](CCCN=C(N)N)CC(=O)[C@@H](Cc2cccc(Cl)c2)NC(=O)[C@H](CCCNC(N)=O)NC1=O. The van der Waals surface area contributed by atoms with Gasteiger partial charge < -0.3 is 71.3 Å². The molecule has 0 saturated carbocycles. The van der Waals surface area contributed by atoms with E-state index < -0.39 is 102 Å². The van der Waals surface area contributed by atoms with Crippen molar-refractivity contribution in [3.63, 3.8) is 0 Å². The lowest BCUT2D eigenvalue weighted by atomic mass is 9.83. The zero-order valence-electron chi connectivity index (χ0n) is 44.5. The molecule has 8 amide bonds. The maximum Gasteiger partial charge on any atom is 0.312 e. The summed E-state index contributed by atoms with van der Waals surface area (Å²) in [6.07, 6.45) is 1.24. The number of Topliss-reactive ketones (excluding diaryl/α,β-unsaturated/α-hetero) is 3. The van der Waals surface area contributed by atoms with Gasteiger partial charge in [-0.05, 0) is 100.0 Å². The van der Waals surface area contributed by atoms with Gasteiger partial charge in [-0.2, -0.15) is 0 Å². The quantitative estimate of drug-likeness (QED) is 0.0408. The summed E-state index contributed by atoms with van der Waals surface area (Å²) in [7, 11) is 0. The molecule has 1 saturated heterocycles. The van der Waals surface area contributed by atoms with E-state index in [1.165, 1.54) is 6.92 Å². The number of aromatic amines is 1. The monoisotopic (exact) mass is 1120 g/mol. The van der Waals surface area contributed by atoms with Crippen LogP contribution < -0.4 is 66.3 Å². The standard InChI is InChI=1S/C53H76ClN15O10/c1-30(70)65-40(17-8-22-62-52(58)59)48(76)68-42-20-19-36(71)13-2-4-16-39(46(55)74)66-47(75)33(26-34-29-64-38-15-5-3-14-37(34)38)28-44(72)32(11-7-21-61-51(56)57)27-45(73)43(25-31-10-6-12-35(54)24-31)69-49(77)41(67-50(42)78)18-9-23-63-53(60)79/h3,5-6,10,12,14-15,24,29,32-33,39-43,64H,2,4,7-9,11,13,16-23,25-28H2,1H3,(H2,55,74)(H,65,70)(H,66,75)(H,67,78)(H,68,76)(H,69,77)(H4,56,57,61)(H4,58,59,62)(H3,60,63,79)/t32-,33-,39+,40+,41+,42+,43-/m1/s1. The second-order valence-electron chi connectivity index (χ2n) is 19.7. The molecular weight excluding hydrogens is 1040 g/mol. The highest BCUT2D eigenvalue weighted by atomic mass is 35.5. The third-order valence-electron chi connectivity index (χ3n) is 13.3. The number of fused-ring (bicyclic) bond motifs is 1. The number of rotatable bonds is 20. The van der Waals surface area contributed by atoms with E-state index in [0.29, 0.717) is 16.1 Å². The van der Waals surface area contributed by atoms with Crippen LogP contribution in [0.15, 0.2) is 64.7 Å². The smallest absolute Gasteiger partial charge is 0.312 e. The number of nitrogens with two attached hydrogens (primary N) is 6. The Morgan fingerprint density at radius 1 is 0.722 bits per heavy atom. The first-order chi connectivity index (χ1) is 37.6. The number of nitrogens with one attached hydrogen (secondary N) is 7. The number of guanidine groups is 2. The van der Waals surface area contributed by atoms with Crippen LogP contribution >= 0.6 is 11.6 Å². The number of hydrogen-bond donors (Lipinski definition) is 13. The molecule has 1 aromatic heterocycles. The minimum atomic E-state index is -1.48. The number of H-pyrrole nitrogens is 1. The van der Waals surface area contributed by atoms with Crippen molar-refractivity contribution >= 4 is 93.2 Å². The number of urea groups is 1. The average Bonchev–Trinajstić information content (AvgIpc) is 3.81. The molecule has 0 radical (unpaired) electrons.